The van der Waals surface area contributed by atoms with Gasteiger partial charge in [-0.15, -0.1) is 10.2 Å². The van der Waals surface area contributed by atoms with Crippen molar-refractivity contribution in [1.82, 2.24) is 24.6 Å². The van der Waals surface area contributed by atoms with E-state index in [0.29, 0.717) is 49.1 Å². The van der Waals surface area contributed by atoms with E-state index < -0.39 is 17.0 Å². The summed E-state index contributed by atoms with van der Waals surface area (Å²) in [5.41, 5.74) is 1.15. The van der Waals surface area contributed by atoms with Gasteiger partial charge in [-0.3, -0.25) is 24.0 Å². The number of amides is 2. The molecule has 1 aliphatic rings. The number of methoxy groups -OCH3 is 1. The molecule has 1 fully saturated rings. The zero-order chi connectivity index (χ0) is 23.2. The Hall–Kier alpha value is -3.11. The predicted octanol–water partition coefficient (Wildman–Crippen LogP) is 3.44. The van der Waals surface area contributed by atoms with Crippen LogP contribution in [0.15, 0.2) is 53.9 Å². The lowest BCUT2D eigenvalue weighted by Crippen LogP contribution is -2.41. The van der Waals surface area contributed by atoms with Crippen LogP contribution < -0.4 is 0 Å². The number of hydrogen-bond donors (Lipinski definition) is 0. The van der Waals surface area contributed by atoms with Gasteiger partial charge in [0, 0.05) is 37.2 Å². The number of thioether (sulfide) groups is 1. The number of aromatic nitrogens is 4. The zero-order valence-electron chi connectivity index (χ0n) is 18.2. The first-order valence-corrected chi connectivity index (χ1v) is 11.6. The fraction of sp³-hybridized carbons (Fsp3) is 0.348. The number of likely N-dealkylation sites (tertiary alicyclic amines) is 1. The van der Waals surface area contributed by atoms with Gasteiger partial charge in [0.2, 0.25) is 5.91 Å². The average Bonchev–Trinajstić information content (AvgIpc) is 3.14. The van der Waals surface area contributed by atoms with Crippen LogP contribution in [0.3, 0.4) is 0 Å². The molecule has 2 aromatic heterocycles. The summed E-state index contributed by atoms with van der Waals surface area (Å²) >= 11 is 1.31. The monoisotopic (exact) mass is 469 g/mol. The molecule has 1 saturated heterocycles. The molecule has 3 heterocycles. The van der Waals surface area contributed by atoms with Crippen LogP contribution in [0.2, 0.25) is 0 Å². The Bertz CT molecular complexity index is 1110. The van der Waals surface area contributed by atoms with Gasteiger partial charge in [-0.1, -0.05) is 18.2 Å². The Balaban J connectivity index is 1.58. The first-order valence-electron chi connectivity index (χ1n) is 10.7. The Morgan fingerprint density at radius 1 is 1.15 bits per heavy atom. The standard InChI is InChI=1S/C23H24FN5O3S/c1-32-15-14-28-20(16-9-11-25-12-10-16)26-27-23(28)33-19-4-2-3-13-29(22(19)31)21(30)17-5-7-18(24)8-6-17/h5-12,19H,2-4,13-15H2,1H3. The van der Waals surface area contributed by atoms with Crippen molar-refractivity contribution in [2.45, 2.75) is 36.2 Å². The molecule has 1 unspecified atom stereocenters. The summed E-state index contributed by atoms with van der Waals surface area (Å²) in [6.45, 7) is 1.31. The highest BCUT2D eigenvalue weighted by molar-refractivity contribution is 8.00. The van der Waals surface area contributed by atoms with Crippen molar-refractivity contribution >= 4 is 23.6 Å². The van der Waals surface area contributed by atoms with Gasteiger partial charge in [-0.2, -0.15) is 0 Å². The molecule has 8 nitrogen and oxygen atoms in total. The molecule has 3 aromatic rings. The van der Waals surface area contributed by atoms with Gasteiger partial charge >= 0.3 is 0 Å². The number of hydrogen-bond acceptors (Lipinski definition) is 7. The first kappa shape index (κ1) is 23.1. The third-order valence-corrected chi connectivity index (χ3v) is 6.63. The Kier molecular flexibility index (Phi) is 7.46. The largest absolute Gasteiger partial charge is 0.383 e. The van der Waals surface area contributed by atoms with E-state index in [2.05, 4.69) is 15.2 Å². The lowest BCUT2D eigenvalue weighted by Gasteiger charge is -2.22. The molecule has 2 amide bonds. The van der Waals surface area contributed by atoms with Gasteiger partial charge in [-0.05, 0) is 49.2 Å². The van der Waals surface area contributed by atoms with Gasteiger partial charge in [0.15, 0.2) is 11.0 Å². The van der Waals surface area contributed by atoms with Crippen molar-refractivity contribution in [2.75, 3.05) is 20.3 Å². The van der Waals surface area contributed by atoms with Crippen LogP contribution in [0, 0.1) is 5.82 Å². The molecule has 172 valence electrons. The molecule has 1 aliphatic heterocycles. The van der Waals surface area contributed by atoms with Crippen molar-refractivity contribution in [3.8, 4) is 11.4 Å². The van der Waals surface area contributed by atoms with Crippen molar-refractivity contribution in [3.63, 3.8) is 0 Å². The summed E-state index contributed by atoms with van der Waals surface area (Å²) < 4.78 is 20.4. The number of nitrogens with zero attached hydrogens (tertiary/aromatic N) is 5. The van der Waals surface area contributed by atoms with E-state index in [4.69, 9.17) is 4.74 Å². The highest BCUT2D eigenvalue weighted by atomic mass is 32.2. The SMILES string of the molecule is COCCn1c(SC2CCCCN(C(=O)c3ccc(F)cc3)C2=O)nnc1-c1ccncc1. The summed E-state index contributed by atoms with van der Waals surface area (Å²) in [6, 6.07) is 8.95. The third kappa shape index (κ3) is 5.28. The van der Waals surface area contributed by atoms with Crippen LogP contribution >= 0.6 is 11.8 Å². The highest BCUT2D eigenvalue weighted by Crippen LogP contribution is 2.32. The Morgan fingerprint density at radius 2 is 1.91 bits per heavy atom. The van der Waals surface area contributed by atoms with E-state index >= 15 is 0 Å². The van der Waals surface area contributed by atoms with Crippen molar-refractivity contribution in [2.24, 2.45) is 0 Å². The molecular formula is C23H24FN5O3S. The summed E-state index contributed by atoms with van der Waals surface area (Å²) in [4.78, 5) is 31.7. The molecule has 0 aliphatic carbocycles. The summed E-state index contributed by atoms with van der Waals surface area (Å²) in [5, 5.41) is 8.80. The third-order valence-electron chi connectivity index (χ3n) is 5.40. The number of rotatable bonds is 7. The van der Waals surface area contributed by atoms with E-state index in [1.807, 2.05) is 16.7 Å². The minimum atomic E-state index is -0.479. The summed E-state index contributed by atoms with van der Waals surface area (Å²) in [5.74, 6) is -0.441. The van der Waals surface area contributed by atoms with E-state index in [-0.39, 0.29) is 5.91 Å². The van der Waals surface area contributed by atoms with Crippen LogP contribution in [0.4, 0.5) is 4.39 Å². The van der Waals surface area contributed by atoms with Gasteiger partial charge in [0.25, 0.3) is 5.91 Å². The van der Waals surface area contributed by atoms with Gasteiger partial charge in [0.1, 0.15) is 5.82 Å². The van der Waals surface area contributed by atoms with Gasteiger partial charge in [0.05, 0.1) is 18.4 Å². The number of imide groups is 1. The summed E-state index contributed by atoms with van der Waals surface area (Å²) in [7, 11) is 1.62. The molecule has 0 N–H and O–H groups in total. The van der Waals surface area contributed by atoms with Gasteiger partial charge < -0.3 is 4.74 Å². The molecule has 0 spiro atoms. The van der Waals surface area contributed by atoms with Crippen LogP contribution in [-0.4, -0.2) is 62.0 Å². The smallest absolute Gasteiger partial charge is 0.260 e. The summed E-state index contributed by atoms with van der Waals surface area (Å²) in [6.07, 6.45) is 5.52. The first-order chi connectivity index (χ1) is 16.1. The number of pyridine rings is 1. The van der Waals surface area contributed by atoms with Crippen LogP contribution in [0.1, 0.15) is 29.6 Å². The number of carbonyl (C=O) groups is 2. The van der Waals surface area contributed by atoms with Crippen molar-refractivity contribution < 1.29 is 18.7 Å². The van der Waals surface area contributed by atoms with E-state index in [9.17, 15) is 14.0 Å². The fourth-order valence-electron chi connectivity index (χ4n) is 3.67. The van der Waals surface area contributed by atoms with E-state index in [1.165, 1.54) is 40.9 Å². The minimum absolute atomic E-state index is 0.265. The molecule has 0 radical (unpaired) electrons. The minimum Gasteiger partial charge on any atom is -0.383 e. The molecule has 0 saturated carbocycles. The van der Waals surface area contributed by atoms with Crippen molar-refractivity contribution in [3.05, 3.63) is 60.2 Å². The van der Waals surface area contributed by atoms with Crippen LogP contribution in [-0.2, 0) is 16.1 Å². The molecule has 33 heavy (non-hydrogen) atoms. The second-order valence-electron chi connectivity index (χ2n) is 7.59. The lowest BCUT2D eigenvalue weighted by molar-refractivity contribution is -0.127. The molecule has 10 heteroatoms. The van der Waals surface area contributed by atoms with Crippen molar-refractivity contribution in [1.29, 1.82) is 0 Å². The number of ether oxygens (including phenoxy) is 1. The maximum Gasteiger partial charge on any atom is 0.260 e. The maximum atomic E-state index is 13.4. The highest BCUT2D eigenvalue weighted by Gasteiger charge is 2.33. The Morgan fingerprint density at radius 3 is 2.64 bits per heavy atom. The molecular weight excluding hydrogens is 445 g/mol. The second kappa shape index (κ2) is 10.7. The molecule has 4 rings (SSSR count). The van der Waals surface area contributed by atoms with E-state index in [0.717, 1.165) is 12.0 Å². The fourth-order valence-corrected chi connectivity index (χ4v) is 4.83. The second-order valence-corrected chi connectivity index (χ2v) is 8.76. The number of carbonyl (C=O) groups excluding carboxylic acids is 2. The maximum absolute atomic E-state index is 13.4. The molecule has 1 atom stereocenters. The lowest BCUT2D eigenvalue weighted by atomic mass is 10.2. The topological polar surface area (TPSA) is 90.2 Å². The number of benzene rings is 1. The van der Waals surface area contributed by atoms with Gasteiger partial charge in [-0.25, -0.2) is 4.39 Å². The van der Waals surface area contributed by atoms with Crippen LogP contribution in [0.25, 0.3) is 11.4 Å². The number of halogens is 1. The zero-order valence-corrected chi connectivity index (χ0v) is 19.0. The Labute approximate surface area is 195 Å². The molecule has 1 aromatic carbocycles. The normalized spacial score (nSPS) is 16.6. The average molecular weight is 470 g/mol. The van der Waals surface area contributed by atoms with Crippen LogP contribution in [0.5, 0.6) is 0 Å². The molecule has 0 bridgehead atoms. The predicted molar refractivity (Wildman–Crippen MR) is 121 cm³/mol. The quantitative estimate of drug-likeness (QED) is 0.490. The van der Waals surface area contributed by atoms with E-state index in [1.54, 1.807) is 19.5 Å².